The smallest absolute Gasteiger partial charge is 0.189 e. The lowest BCUT2D eigenvalue weighted by molar-refractivity contribution is -0.0396. The Morgan fingerprint density at radius 3 is 2.70 bits per heavy atom. The van der Waals surface area contributed by atoms with E-state index in [-0.39, 0.29) is 18.2 Å². The van der Waals surface area contributed by atoms with Crippen LogP contribution in [0.4, 0.5) is 11.6 Å². The Bertz CT molecular complexity index is 1170. The fourth-order valence-corrected chi connectivity index (χ4v) is 5.99. The summed E-state index contributed by atoms with van der Waals surface area (Å²) in [5.41, 5.74) is 3.15. The van der Waals surface area contributed by atoms with Crippen molar-refractivity contribution < 1.29 is 14.6 Å². The molecule has 5 heterocycles. The van der Waals surface area contributed by atoms with E-state index in [0.29, 0.717) is 19.8 Å². The molecule has 0 aromatic carbocycles. The Morgan fingerprint density at radius 2 is 2.00 bits per heavy atom. The van der Waals surface area contributed by atoms with Crippen LogP contribution in [0.1, 0.15) is 38.3 Å². The van der Waals surface area contributed by atoms with E-state index in [1.165, 1.54) is 22.9 Å². The minimum atomic E-state index is -0.252. The van der Waals surface area contributed by atoms with E-state index in [1.54, 1.807) is 11.3 Å². The maximum absolute atomic E-state index is 9.77. The summed E-state index contributed by atoms with van der Waals surface area (Å²) >= 11 is 3.16. The molecule has 0 spiro atoms. The van der Waals surface area contributed by atoms with E-state index in [0.717, 1.165) is 63.2 Å². The molecule has 0 radical (unpaired) electrons. The Hall–Kier alpha value is -1.72. The lowest BCUT2D eigenvalue weighted by atomic mass is 9.90. The zero-order valence-corrected chi connectivity index (χ0v) is 21.2. The number of thioether (sulfide) groups is 1. The summed E-state index contributed by atoms with van der Waals surface area (Å²) in [6.45, 7) is 10.0. The molecular formula is C23H31N5O3S2. The Morgan fingerprint density at radius 1 is 1.21 bits per heavy atom. The van der Waals surface area contributed by atoms with Crippen molar-refractivity contribution in [1.29, 1.82) is 0 Å². The molecule has 3 aromatic heterocycles. The third kappa shape index (κ3) is 4.27. The molecule has 10 heteroatoms. The fourth-order valence-electron chi connectivity index (χ4n) is 4.53. The van der Waals surface area contributed by atoms with Gasteiger partial charge in [0.25, 0.3) is 0 Å². The number of aliphatic hydroxyl groups is 1. The van der Waals surface area contributed by atoms with E-state index in [9.17, 15) is 5.11 Å². The molecule has 3 aromatic rings. The molecule has 0 unspecified atom stereocenters. The standard InChI is InChI=1S/C23H31N5O3S2/c1-5-13(11-29)24-19-18-17(25-22(26-19)32-4)16-14-10-23(2,3)31-12-15(14)20(27-21(16)33-18)28-6-8-30-9-7-28/h13,29H,5-12H2,1-4H3,(H,24,25,26)/t13-/m1/s1. The fraction of sp³-hybridized carbons (Fsp3) is 0.609. The Labute approximate surface area is 202 Å². The topological polar surface area (TPSA) is 92.6 Å². The summed E-state index contributed by atoms with van der Waals surface area (Å²) in [6.07, 6.45) is 3.60. The highest BCUT2D eigenvalue weighted by Gasteiger charge is 2.33. The molecular weight excluding hydrogens is 458 g/mol. The number of aromatic nitrogens is 3. The number of thiophene rings is 1. The van der Waals surface area contributed by atoms with Crippen LogP contribution in [0.5, 0.6) is 0 Å². The molecule has 2 aliphatic rings. The van der Waals surface area contributed by atoms with Gasteiger partial charge in [0.1, 0.15) is 16.5 Å². The van der Waals surface area contributed by atoms with Crippen molar-refractivity contribution in [3.63, 3.8) is 0 Å². The number of rotatable bonds is 6. The van der Waals surface area contributed by atoms with Crippen molar-refractivity contribution >= 4 is 55.2 Å². The summed E-state index contributed by atoms with van der Waals surface area (Å²) < 4.78 is 12.8. The van der Waals surface area contributed by atoms with Crippen molar-refractivity contribution in [3.8, 4) is 0 Å². The molecule has 178 valence electrons. The first-order chi connectivity index (χ1) is 15.9. The number of hydrogen-bond donors (Lipinski definition) is 2. The van der Waals surface area contributed by atoms with Gasteiger partial charge in [-0.3, -0.25) is 0 Å². The summed E-state index contributed by atoms with van der Waals surface area (Å²) in [5, 5.41) is 15.1. The summed E-state index contributed by atoms with van der Waals surface area (Å²) in [5.74, 6) is 1.79. The summed E-state index contributed by atoms with van der Waals surface area (Å²) in [7, 11) is 0. The van der Waals surface area contributed by atoms with E-state index in [2.05, 4.69) is 31.0 Å². The highest BCUT2D eigenvalue weighted by Crippen LogP contribution is 2.44. The van der Waals surface area contributed by atoms with E-state index >= 15 is 0 Å². The van der Waals surface area contributed by atoms with Gasteiger partial charge in [0.2, 0.25) is 0 Å². The zero-order valence-electron chi connectivity index (χ0n) is 19.6. The average molecular weight is 490 g/mol. The van der Waals surface area contributed by atoms with Crippen molar-refractivity contribution in [3.05, 3.63) is 11.1 Å². The first-order valence-corrected chi connectivity index (χ1v) is 13.5. The predicted molar refractivity (Wildman–Crippen MR) is 135 cm³/mol. The number of ether oxygens (including phenoxy) is 2. The average Bonchev–Trinajstić information content (AvgIpc) is 3.20. The van der Waals surface area contributed by atoms with Gasteiger partial charge >= 0.3 is 0 Å². The molecule has 2 N–H and O–H groups in total. The van der Waals surface area contributed by atoms with Crippen molar-refractivity contribution in [1.82, 2.24) is 15.0 Å². The van der Waals surface area contributed by atoms with Gasteiger partial charge in [0, 0.05) is 30.5 Å². The van der Waals surface area contributed by atoms with Crippen LogP contribution in [0, 0.1) is 0 Å². The normalized spacial score (nSPS) is 19.1. The van der Waals surface area contributed by atoms with Gasteiger partial charge < -0.3 is 24.8 Å². The van der Waals surface area contributed by atoms with Crippen LogP contribution in [-0.2, 0) is 22.5 Å². The molecule has 0 aliphatic carbocycles. The number of hydrogen-bond acceptors (Lipinski definition) is 10. The number of pyridine rings is 1. The molecule has 5 rings (SSSR count). The van der Waals surface area contributed by atoms with E-state index in [4.69, 9.17) is 24.4 Å². The third-order valence-electron chi connectivity index (χ3n) is 6.39. The Kier molecular flexibility index (Phi) is 6.39. The number of fused-ring (bicyclic) bond motifs is 5. The first kappa shape index (κ1) is 23.0. The second-order valence-electron chi connectivity index (χ2n) is 9.17. The number of nitrogens with one attached hydrogen (secondary N) is 1. The van der Waals surface area contributed by atoms with Gasteiger partial charge in [-0.1, -0.05) is 18.7 Å². The first-order valence-electron chi connectivity index (χ1n) is 11.5. The molecule has 1 saturated heterocycles. The van der Waals surface area contributed by atoms with Crippen LogP contribution in [0.3, 0.4) is 0 Å². The maximum Gasteiger partial charge on any atom is 0.189 e. The second kappa shape index (κ2) is 9.14. The molecule has 2 aliphatic heterocycles. The van der Waals surface area contributed by atoms with Gasteiger partial charge in [-0.2, -0.15) is 0 Å². The molecule has 33 heavy (non-hydrogen) atoms. The number of aliphatic hydroxyl groups excluding tert-OH is 1. The minimum Gasteiger partial charge on any atom is -0.394 e. The predicted octanol–water partition coefficient (Wildman–Crippen LogP) is 3.83. The largest absolute Gasteiger partial charge is 0.394 e. The van der Waals surface area contributed by atoms with E-state index in [1.807, 2.05) is 6.26 Å². The quantitative estimate of drug-likeness (QED) is 0.396. The maximum atomic E-state index is 9.77. The Balaban J connectivity index is 1.77. The van der Waals surface area contributed by atoms with Gasteiger partial charge in [-0.25, -0.2) is 15.0 Å². The van der Waals surface area contributed by atoms with Crippen LogP contribution >= 0.6 is 23.1 Å². The molecule has 0 amide bonds. The van der Waals surface area contributed by atoms with Crippen LogP contribution < -0.4 is 10.2 Å². The molecule has 8 nitrogen and oxygen atoms in total. The van der Waals surface area contributed by atoms with Crippen LogP contribution in [0.15, 0.2) is 5.16 Å². The number of nitrogens with zero attached hydrogens (tertiary/aromatic N) is 4. The minimum absolute atomic E-state index is 0.0545. The molecule has 0 saturated carbocycles. The van der Waals surface area contributed by atoms with Gasteiger partial charge in [-0.15, -0.1) is 11.3 Å². The monoisotopic (exact) mass is 489 g/mol. The number of anilines is 2. The lowest BCUT2D eigenvalue weighted by Gasteiger charge is -2.36. The van der Waals surface area contributed by atoms with Crippen molar-refractivity contribution in [2.24, 2.45) is 0 Å². The molecule has 1 fully saturated rings. The van der Waals surface area contributed by atoms with Crippen LogP contribution in [0.2, 0.25) is 0 Å². The molecule has 0 bridgehead atoms. The third-order valence-corrected chi connectivity index (χ3v) is 8.02. The summed E-state index contributed by atoms with van der Waals surface area (Å²) in [6, 6.07) is -0.0545. The van der Waals surface area contributed by atoms with Crippen LogP contribution in [0.25, 0.3) is 20.4 Å². The summed E-state index contributed by atoms with van der Waals surface area (Å²) in [4.78, 5) is 18.2. The van der Waals surface area contributed by atoms with E-state index < -0.39 is 0 Å². The zero-order chi connectivity index (χ0) is 23.2. The lowest BCUT2D eigenvalue weighted by Crippen LogP contribution is -2.39. The van der Waals surface area contributed by atoms with Gasteiger partial charge in [-0.05, 0) is 32.1 Å². The SMILES string of the molecule is CC[C@H](CO)Nc1nc(SC)nc2c1sc1nc(N3CCOCC3)c3c(c12)CC(C)(C)OC3. The van der Waals surface area contributed by atoms with Gasteiger partial charge in [0.15, 0.2) is 5.16 Å². The van der Waals surface area contributed by atoms with Crippen molar-refractivity contribution in [2.75, 3.05) is 49.4 Å². The number of morpholine rings is 1. The highest BCUT2D eigenvalue weighted by atomic mass is 32.2. The van der Waals surface area contributed by atoms with Gasteiger partial charge in [0.05, 0.1) is 48.3 Å². The highest BCUT2D eigenvalue weighted by molar-refractivity contribution is 7.98. The second-order valence-corrected chi connectivity index (χ2v) is 10.9. The molecule has 1 atom stereocenters. The van der Waals surface area contributed by atoms with Crippen molar-refractivity contribution in [2.45, 2.75) is 57.0 Å². The van der Waals surface area contributed by atoms with Crippen LogP contribution in [-0.4, -0.2) is 70.9 Å².